The second-order valence-corrected chi connectivity index (χ2v) is 7.61. The van der Waals surface area contributed by atoms with Gasteiger partial charge in [0.1, 0.15) is 0 Å². The van der Waals surface area contributed by atoms with Crippen LogP contribution in [0.4, 0.5) is 0 Å². The summed E-state index contributed by atoms with van der Waals surface area (Å²) in [6, 6.07) is 14.6. The van der Waals surface area contributed by atoms with Crippen molar-refractivity contribution in [1.82, 2.24) is 15.5 Å². The molecule has 6 heteroatoms. The van der Waals surface area contributed by atoms with E-state index in [2.05, 4.69) is 17.6 Å². The predicted octanol–water partition coefficient (Wildman–Crippen LogP) is 3.27. The summed E-state index contributed by atoms with van der Waals surface area (Å²) in [4.78, 5) is 38.2. The normalized spacial score (nSPS) is 13.4. The van der Waals surface area contributed by atoms with Crippen molar-refractivity contribution in [3.8, 4) is 0 Å². The summed E-state index contributed by atoms with van der Waals surface area (Å²) in [5.74, 6) is -0.0642. The molecule has 0 atom stereocenters. The van der Waals surface area contributed by atoms with Gasteiger partial charge in [0.05, 0.1) is 0 Å². The highest BCUT2D eigenvalue weighted by Gasteiger charge is 2.20. The highest BCUT2D eigenvalue weighted by atomic mass is 16.2. The van der Waals surface area contributed by atoms with E-state index in [0.717, 1.165) is 36.9 Å². The van der Waals surface area contributed by atoms with Gasteiger partial charge in [0.2, 0.25) is 5.91 Å². The Hall–Kier alpha value is -3.15. The Kier molecular flexibility index (Phi) is 7.60. The fourth-order valence-electron chi connectivity index (χ4n) is 3.44. The van der Waals surface area contributed by atoms with Crippen LogP contribution in [0, 0.1) is 0 Å². The highest BCUT2D eigenvalue weighted by molar-refractivity contribution is 5.95. The molecule has 0 aliphatic carbocycles. The lowest BCUT2D eigenvalue weighted by Crippen LogP contribution is -2.25. The maximum absolute atomic E-state index is 12.5. The number of unbranched alkanes of at least 4 members (excludes halogenated alkanes) is 1. The third-order valence-corrected chi connectivity index (χ3v) is 5.22. The molecule has 0 radical (unpaired) electrons. The van der Waals surface area contributed by atoms with Crippen molar-refractivity contribution in [1.29, 1.82) is 0 Å². The Morgan fingerprint density at radius 2 is 1.73 bits per heavy atom. The number of carbonyl (C=O) groups is 3. The van der Waals surface area contributed by atoms with Crippen molar-refractivity contribution in [3.63, 3.8) is 0 Å². The summed E-state index contributed by atoms with van der Waals surface area (Å²) in [7, 11) is 0. The number of likely N-dealkylation sites (tertiary alicyclic amines) is 1. The Bertz CT molecular complexity index is 893. The lowest BCUT2D eigenvalue weighted by atomic mass is 10.1. The first-order valence-corrected chi connectivity index (χ1v) is 10.6. The number of nitrogens with one attached hydrogen (secondary N) is 2. The molecule has 3 amide bonds. The van der Waals surface area contributed by atoms with Gasteiger partial charge in [-0.3, -0.25) is 14.4 Å². The van der Waals surface area contributed by atoms with E-state index >= 15 is 0 Å². The topological polar surface area (TPSA) is 78.5 Å². The molecule has 158 valence electrons. The average molecular weight is 408 g/mol. The Morgan fingerprint density at radius 1 is 0.967 bits per heavy atom. The standard InChI is InChI=1S/C24H29N3O3/c1-2-3-13-25-23(29)20-11-9-18(10-12-20)16-26-24(30)21-7-4-6-19(15-21)17-27-14-5-8-22(27)28/h4,6-7,9-12,15H,2-3,5,8,13-14,16-17H2,1H3,(H,25,29)(H,26,30). The smallest absolute Gasteiger partial charge is 0.251 e. The molecule has 1 saturated heterocycles. The van der Waals surface area contributed by atoms with Gasteiger partial charge in [0.25, 0.3) is 11.8 Å². The molecule has 0 saturated carbocycles. The number of nitrogens with zero attached hydrogens (tertiary/aromatic N) is 1. The van der Waals surface area contributed by atoms with Crippen molar-refractivity contribution >= 4 is 17.7 Å². The second kappa shape index (κ2) is 10.6. The van der Waals surface area contributed by atoms with Crippen LogP contribution in [-0.2, 0) is 17.9 Å². The molecule has 0 bridgehead atoms. The number of carbonyl (C=O) groups excluding carboxylic acids is 3. The fourth-order valence-corrected chi connectivity index (χ4v) is 3.44. The molecule has 2 N–H and O–H groups in total. The number of hydrogen-bond acceptors (Lipinski definition) is 3. The summed E-state index contributed by atoms with van der Waals surface area (Å²) >= 11 is 0. The SMILES string of the molecule is CCCCNC(=O)c1ccc(CNC(=O)c2cccc(CN3CCCC3=O)c2)cc1. The molecule has 1 aliphatic rings. The molecule has 0 unspecified atom stereocenters. The quantitative estimate of drug-likeness (QED) is 0.626. The third kappa shape index (κ3) is 5.92. The van der Waals surface area contributed by atoms with Crippen molar-refractivity contribution < 1.29 is 14.4 Å². The fraction of sp³-hybridized carbons (Fsp3) is 0.375. The van der Waals surface area contributed by atoms with Gasteiger partial charge < -0.3 is 15.5 Å². The molecule has 6 nitrogen and oxygen atoms in total. The molecule has 2 aromatic carbocycles. The zero-order chi connectivity index (χ0) is 21.3. The maximum Gasteiger partial charge on any atom is 0.251 e. The van der Waals surface area contributed by atoms with E-state index in [1.54, 1.807) is 18.2 Å². The molecule has 1 fully saturated rings. The molecule has 0 aromatic heterocycles. The molecular formula is C24H29N3O3. The third-order valence-electron chi connectivity index (χ3n) is 5.22. The first-order valence-electron chi connectivity index (χ1n) is 10.6. The Balaban J connectivity index is 1.52. The largest absolute Gasteiger partial charge is 0.352 e. The van der Waals surface area contributed by atoms with Crippen LogP contribution in [0.2, 0.25) is 0 Å². The van der Waals surface area contributed by atoms with Crippen molar-refractivity contribution in [3.05, 3.63) is 70.8 Å². The van der Waals surface area contributed by atoms with Crippen LogP contribution in [0.25, 0.3) is 0 Å². The minimum atomic E-state index is -0.161. The summed E-state index contributed by atoms with van der Waals surface area (Å²) in [6.07, 6.45) is 3.52. The summed E-state index contributed by atoms with van der Waals surface area (Å²) in [5, 5.41) is 5.81. The Morgan fingerprint density at radius 3 is 2.43 bits per heavy atom. The van der Waals surface area contributed by atoms with Crippen LogP contribution in [0.15, 0.2) is 48.5 Å². The monoisotopic (exact) mass is 407 g/mol. The minimum absolute atomic E-state index is 0.0765. The van der Waals surface area contributed by atoms with Crippen LogP contribution in [0.3, 0.4) is 0 Å². The summed E-state index contributed by atoms with van der Waals surface area (Å²) in [6.45, 7) is 4.47. The van der Waals surface area contributed by atoms with Crippen LogP contribution in [0.5, 0.6) is 0 Å². The number of benzene rings is 2. The van der Waals surface area contributed by atoms with Crippen molar-refractivity contribution in [2.75, 3.05) is 13.1 Å². The van der Waals surface area contributed by atoms with Gasteiger partial charge in [0, 0.05) is 43.7 Å². The first-order chi connectivity index (χ1) is 14.6. The minimum Gasteiger partial charge on any atom is -0.352 e. The van der Waals surface area contributed by atoms with Gasteiger partial charge in [-0.25, -0.2) is 0 Å². The van der Waals surface area contributed by atoms with Crippen molar-refractivity contribution in [2.24, 2.45) is 0 Å². The summed E-state index contributed by atoms with van der Waals surface area (Å²) in [5.41, 5.74) is 3.07. The van der Waals surface area contributed by atoms with E-state index in [1.165, 1.54) is 0 Å². The van der Waals surface area contributed by atoms with Gasteiger partial charge >= 0.3 is 0 Å². The van der Waals surface area contributed by atoms with E-state index in [4.69, 9.17) is 0 Å². The number of amides is 3. The Labute approximate surface area is 177 Å². The van der Waals surface area contributed by atoms with E-state index < -0.39 is 0 Å². The van der Waals surface area contributed by atoms with Crippen LogP contribution >= 0.6 is 0 Å². The van der Waals surface area contributed by atoms with E-state index in [0.29, 0.717) is 37.2 Å². The van der Waals surface area contributed by atoms with Gasteiger partial charge in [-0.15, -0.1) is 0 Å². The van der Waals surface area contributed by atoms with Gasteiger partial charge in [-0.2, -0.15) is 0 Å². The molecule has 3 rings (SSSR count). The van der Waals surface area contributed by atoms with Crippen molar-refractivity contribution in [2.45, 2.75) is 45.7 Å². The molecule has 1 heterocycles. The average Bonchev–Trinajstić information content (AvgIpc) is 3.17. The zero-order valence-electron chi connectivity index (χ0n) is 17.4. The predicted molar refractivity (Wildman–Crippen MR) is 116 cm³/mol. The van der Waals surface area contributed by atoms with E-state index in [1.807, 2.05) is 35.2 Å². The van der Waals surface area contributed by atoms with Gasteiger partial charge in [-0.05, 0) is 48.2 Å². The number of rotatable bonds is 9. The molecule has 30 heavy (non-hydrogen) atoms. The van der Waals surface area contributed by atoms with E-state index in [9.17, 15) is 14.4 Å². The lowest BCUT2D eigenvalue weighted by molar-refractivity contribution is -0.128. The van der Waals surface area contributed by atoms with Crippen LogP contribution in [-0.4, -0.2) is 35.7 Å². The highest BCUT2D eigenvalue weighted by Crippen LogP contribution is 2.15. The van der Waals surface area contributed by atoms with Gasteiger partial charge in [0.15, 0.2) is 0 Å². The maximum atomic E-state index is 12.5. The molecular weight excluding hydrogens is 378 g/mol. The second-order valence-electron chi connectivity index (χ2n) is 7.61. The summed E-state index contributed by atoms with van der Waals surface area (Å²) < 4.78 is 0. The molecule has 1 aliphatic heterocycles. The van der Waals surface area contributed by atoms with Crippen LogP contribution in [0.1, 0.15) is 64.4 Å². The van der Waals surface area contributed by atoms with Gasteiger partial charge in [-0.1, -0.05) is 37.6 Å². The zero-order valence-corrected chi connectivity index (χ0v) is 17.4. The first kappa shape index (κ1) is 21.6. The molecule has 2 aromatic rings. The lowest BCUT2D eigenvalue weighted by Gasteiger charge is -2.16. The van der Waals surface area contributed by atoms with E-state index in [-0.39, 0.29) is 17.7 Å². The molecule has 0 spiro atoms. The van der Waals surface area contributed by atoms with Crippen LogP contribution < -0.4 is 10.6 Å². The number of hydrogen-bond donors (Lipinski definition) is 2.